The van der Waals surface area contributed by atoms with Gasteiger partial charge in [-0.2, -0.15) is 0 Å². The molecule has 0 spiro atoms. The van der Waals surface area contributed by atoms with Crippen LogP contribution in [0.4, 0.5) is 0 Å². The summed E-state index contributed by atoms with van der Waals surface area (Å²) in [5.41, 5.74) is 7.92. The Morgan fingerprint density at radius 1 is 1.31 bits per heavy atom. The summed E-state index contributed by atoms with van der Waals surface area (Å²) in [7, 11) is 0. The average Bonchev–Trinajstić information content (AvgIpc) is 2.18. The van der Waals surface area contributed by atoms with Crippen molar-refractivity contribution in [2.24, 2.45) is 5.73 Å². The molecule has 0 saturated carbocycles. The van der Waals surface area contributed by atoms with E-state index in [4.69, 9.17) is 5.73 Å². The van der Waals surface area contributed by atoms with Crippen molar-refractivity contribution in [2.45, 2.75) is 19.3 Å². The van der Waals surface area contributed by atoms with E-state index in [2.05, 4.69) is 32.6 Å². The summed E-state index contributed by atoms with van der Waals surface area (Å²) in [6.07, 6.45) is 0. The van der Waals surface area contributed by atoms with E-state index in [0.29, 0.717) is 6.54 Å². The van der Waals surface area contributed by atoms with Gasteiger partial charge in [0.25, 0.3) is 0 Å². The first-order valence-corrected chi connectivity index (χ1v) is 4.53. The van der Waals surface area contributed by atoms with Crippen LogP contribution in [-0.4, -0.2) is 6.54 Å². The van der Waals surface area contributed by atoms with Gasteiger partial charge in [-0.3, -0.25) is 0 Å². The lowest BCUT2D eigenvalue weighted by molar-refractivity contribution is 0.613. The average molecular weight is 175 g/mol. The van der Waals surface area contributed by atoms with Crippen molar-refractivity contribution in [3.63, 3.8) is 0 Å². The van der Waals surface area contributed by atoms with Crippen LogP contribution in [0, 0.1) is 0 Å². The SMILES string of the molecule is C=C(CN)C(C)(C)c1ccccc1. The summed E-state index contributed by atoms with van der Waals surface area (Å²) in [6, 6.07) is 10.3. The minimum Gasteiger partial charge on any atom is -0.327 e. The van der Waals surface area contributed by atoms with E-state index in [0.717, 1.165) is 5.57 Å². The number of nitrogens with two attached hydrogens (primary N) is 1. The lowest BCUT2D eigenvalue weighted by atomic mass is 9.78. The quantitative estimate of drug-likeness (QED) is 0.702. The molecule has 0 aromatic heterocycles. The molecule has 0 unspecified atom stereocenters. The van der Waals surface area contributed by atoms with Crippen molar-refractivity contribution < 1.29 is 0 Å². The molecule has 0 radical (unpaired) electrons. The third kappa shape index (κ3) is 1.99. The molecule has 0 heterocycles. The van der Waals surface area contributed by atoms with Crippen LogP contribution >= 0.6 is 0 Å². The third-order valence-corrected chi connectivity index (χ3v) is 2.63. The topological polar surface area (TPSA) is 26.0 Å². The van der Waals surface area contributed by atoms with E-state index in [9.17, 15) is 0 Å². The van der Waals surface area contributed by atoms with Crippen LogP contribution in [-0.2, 0) is 5.41 Å². The molecule has 0 fully saturated rings. The van der Waals surface area contributed by atoms with Crippen LogP contribution < -0.4 is 5.73 Å². The van der Waals surface area contributed by atoms with E-state index >= 15 is 0 Å². The summed E-state index contributed by atoms with van der Waals surface area (Å²) in [5, 5.41) is 0. The fraction of sp³-hybridized carbons (Fsp3) is 0.333. The molecule has 0 atom stereocenters. The van der Waals surface area contributed by atoms with Gasteiger partial charge in [0.2, 0.25) is 0 Å². The van der Waals surface area contributed by atoms with Gasteiger partial charge in [-0.25, -0.2) is 0 Å². The van der Waals surface area contributed by atoms with Crippen LogP contribution in [0.5, 0.6) is 0 Å². The second-order valence-corrected chi connectivity index (χ2v) is 3.80. The van der Waals surface area contributed by atoms with Gasteiger partial charge in [0.15, 0.2) is 0 Å². The second-order valence-electron chi connectivity index (χ2n) is 3.80. The van der Waals surface area contributed by atoms with Gasteiger partial charge >= 0.3 is 0 Å². The zero-order valence-corrected chi connectivity index (χ0v) is 8.38. The van der Waals surface area contributed by atoms with E-state index in [1.807, 2.05) is 18.2 Å². The third-order valence-electron chi connectivity index (χ3n) is 2.63. The highest BCUT2D eigenvalue weighted by Crippen LogP contribution is 2.29. The minimum absolute atomic E-state index is 0.0178. The lowest BCUT2D eigenvalue weighted by Gasteiger charge is -2.27. The largest absolute Gasteiger partial charge is 0.327 e. The highest BCUT2D eigenvalue weighted by Gasteiger charge is 2.22. The maximum atomic E-state index is 5.60. The van der Waals surface area contributed by atoms with Gasteiger partial charge in [0.1, 0.15) is 0 Å². The Labute approximate surface area is 80.3 Å². The lowest BCUT2D eigenvalue weighted by Crippen LogP contribution is -2.24. The van der Waals surface area contributed by atoms with Gasteiger partial charge in [-0.05, 0) is 5.56 Å². The Hall–Kier alpha value is -1.08. The van der Waals surface area contributed by atoms with Gasteiger partial charge in [0, 0.05) is 12.0 Å². The van der Waals surface area contributed by atoms with Crippen LogP contribution in [0.1, 0.15) is 19.4 Å². The fourth-order valence-electron chi connectivity index (χ4n) is 1.31. The molecular weight excluding hydrogens is 158 g/mol. The van der Waals surface area contributed by atoms with Crippen molar-refractivity contribution >= 4 is 0 Å². The first-order chi connectivity index (χ1) is 6.09. The highest BCUT2D eigenvalue weighted by molar-refractivity contribution is 5.33. The Bertz CT molecular complexity index is 285. The van der Waals surface area contributed by atoms with Crippen molar-refractivity contribution in [2.75, 3.05) is 6.54 Å². The summed E-state index contributed by atoms with van der Waals surface area (Å²) in [5.74, 6) is 0. The highest BCUT2D eigenvalue weighted by atomic mass is 14.5. The summed E-state index contributed by atoms with van der Waals surface area (Å²) >= 11 is 0. The predicted molar refractivity (Wildman–Crippen MR) is 57.7 cm³/mol. The molecule has 0 aliphatic rings. The molecule has 70 valence electrons. The number of hydrogen-bond acceptors (Lipinski definition) is 1. The zero-order chi connectivity index (χ0) is 9.90. The van der Waals surface area contributed by atoms with Gasteiger partial charge in [-0.1, -0.05) is 56.3 Å². The Kier molecular flexibility index (Phi) is 2.89. The molecule has 0 saturated heterocycles. The van der Waals surface area contributed by atoms with Crippen LogP contribution in [0.15, 0.2) is 42.5 Å². The summed E-state index contributed by atoms with van der Waals surface area (Å²) < 4.78 is 0. The molecule has 0 amide bonds. The standard InChI is InChI=1S/C12H17N/c1-10(9-13)12(2,3)11-7-5-4-6-8-11/h4-8H,1,9,13H2,2-3H3. The first-order valence-electron chi connectivity index (χ1n) is 4.53. The van der Waals surface area contributed by atoms with Crippen LogP contribution in [0.25, 0.3) is 0 Å². The van der Waals surface area contributed by atoms with E-state index in [-0.39, 0.29) is 5.41 Å². The molecular formula is C12H17N. The molecule has 1 aromatic rings. The predicted octanol–water partition coefficient (Wildman–Crippen LogP) is 2.48. The molecule has 0 aliphatic heterocycles. The smallest absolute Gasteiger partial charge is 0.0142 e. The number of benzene rings is 1. The summed E-state index contributed by atoms with van der Waals surface area (Å²) in [4.78, 5) is 0. The normalized spacial score (nSPS) is 11.3. The molecule has 1 aromatic carbocycles. The second kappa shape index (κ2) is 3.75. The molecule has 2 N–H and O–H groups in total. The molecule has 13 heavy (non-hydrogen) atoms. The van der Waals surface area contributed by atoms with Gasteiger partial charge < -0.3 is 5.73 Å². The molecule has 0 aliphatic carbocycles. The zero-order valence-electron chi connectivity index (χ0n) is 8.38. The Balaban J connectivity index is 3.00. The molecule has 1 heteroatoms. The Morgan fingerprint density at radius 3 is 2.31 bits per heavy atom. The van der Waals surface area contributed by atoms with Crippen molar-refractivity contribution in [1.29, 1.82) is 0 Å². The first kappa shape index (κ1) is 10.0. The minimum atomic E-state index is -0.0178. The molecule has 1 nitrogen and oxygen atoms in total. The van der Waals surface area contributed by atoms with E-state index in [1.54, 1.807) is 0 Å². The van der Waals surface area contributed by atoms with Crippen molar-refractivity contribution in [3.8, 4) is 0 Å². The molecule has 1 rings (SSSR count). The van der Waals surface area contributed by atoms with E-state index in [1.165, 1.54) is 5.56 Å². The maximum absolute atomic E-state index is 5.60. The van der Waals surface area contributed by atoms with Gasteiger partial charge in [0.05, 0.1) is 0 Å². The van der Waals surface area contributed by atoms with Crippen molar-refractivity contribution in [3.05, 3.63) is 48.0 Å². The van der Waals surface area contributed by atoms with Crippen LogP contribution in [0.2, 0.25) is 0 Å². The molecule has 0 bridgehead atoms. The Morgan fingerprint density at radius 2 is 1.85 bits per heavy atom. The fourth-order valence-corrected chi connectivity index (χ4v) is 1.31. The number of hydrogen-bond donors (Lipinski definition) is 1. The number of rotatable bonds is 3. The summed E-state index contributed by atoms with van der Waals surface area (Å²) in [6.45, 7) is 8.84. The monoisotopic (exact) mass is 175 g/mol. The van der Waals surface area contributed by atoms with Crippen LogP contribution in [0.3, 0.4) is 0 Å². The van der Waals surface area contributed by atoms with Crippen molar-refractivity contribution in [1.82, 2.24) is 0 Å². The van der Waals surface area contributed by atoms with Gasteiger partial charge in [-0.15, -0.1) is 0 Å². The maximum Gasteiger partial charge on any atom is 0.0142 e. The van der Waals surface area contributed by atoms with E-state index < -0.39 is 0 Å².